The Morgan fingerprint density at radius 2 is 1.86 bits per heavy atom. The Morgan fingerprint density at radius 1 is 1.07 bits per heavy atom. The molecule has 0 N–H and O–H groups in total. The van der Waals surface area contributed by atoms with Crippen molar-refractivity contribution in [2.24, 2.45) is 5.10 Å². The van der Waals surface area contributed by atoms with Crippen LogP contribution in [0.1, 0.15) is 35.4 Å². The number of nitro groups is 1. The number of halogens is 1. The maximum absolute atomic E-state index is 11.2. The van der Waals surface area contributed by atoms with Gasteiger partial charge in [-0.05, 0) is 23.8 Å². The molecule has 6 nitrogen and oxygen atoms in total. The van der Waals surface area contributed by atoms with Gasteiger partial charge in [0.25, 0.3) is 5.69 Å². The summed E-state index contributed by atoms with van der Waals surface area (Å²) in [7, 11) is 0. The average molecular weight is 406 g/mol. The van der Waals surface area contributed by atoms with Gasteiger partial charge in [-0.25, -0.2) is 5.01 Å². The van der Waals surface area contributed by atoms with Crippen LogP contribution in [0.5, 0.6) is 5.75 Å². The summed E-state index contributed by atoms with van der Waals surface area (Å²) in [5, 5.41) is 18.7. The summed E-state index contributed by atoms with van der Waals surface area (Å²) < 4.78 is 6.25. The molecule has 3 aromatic rings. The van der Waals surface area contributed by atoms with E-state index in [9.17, 15) is 10.1 Å². The Balaban J connectivity index is 1.59. The molecule has 144 valence electrons. The average Bonchev–Trinajstić information content (AvgIpc) is 3.19. The molecule has 0 unspecified atom stereocenters. The maximum atomic E-state index is 11.2. The smallest absolute Gasteiger partial charge is 0.269 e. The lowest BCUT2D eigenvalue weighted by atomic mass is 9.96. The van der Waals surface area contributed by atoms with Crippen LogP contribution >= 0.6 is 11.6 Å². The first-order chi connectivity index (χ1) is 14.1. The van der Waals surface area contributed by atoms with Crippen LogP contribution in [0, 0.1) is 10.1 Å². The van der Waals surface area contributed by atoms with Gasteiger partial charge in [-0.3, -0.25) is 10.1 Å². The molecule has 7 heteroatoms. The molecular weight excluding hydrogens is 390 g/mol. The molecule has 2 aliphatic rings. The third-order valence-electron chi connectivity index (χ3n) is 5.24. The van der Waals surface area contributed by atoms with E-state index in [1.165, 1.54) is 6.07 Å². The number of para-hydroxylation sites is 1. The fourth-order valence-electron chi connectivity index (χ4n) is 3.86. The van der Waals surface area contributed by atoms with Crippen molar-refractivity contribution in [1.82, 2.24) is 5.01 Å². The highest BCUT2D eigenvalue weighted by Gasteiger charge is 2.41. The lowest BCUT2D eigenvalue weighted by Crippen LogP contribution is -2.33. The Labute approximate surface area is 172 Å². The van der Waals surface area contributed by atoms with Gasteiger partial charge in [-0.2, -0.15) is 5.10 Å². The molecule has 0 radical (unpaired) electrons. The molecule has 0 amide bonds. The second-order valence-electron chi connectivity index (χ2n) is 7.01. The van der Waals surface area contributed by atoms with Crippen LogP contribution in [0.15, 0.2) is 77.9 Å². The molecule has 0 fully saturated rings. The van der Waals surface area contributed by atoms with Gasteiger partial charge in [0.2, 0.25) is 6.23 Å². The van der Waals surface area contributed by atoms with Gasteiger partial charge in [0, 0.05) is 34.7 Å². The number of ether oxygens (including phenoxy) is 1. The number of fused-ring (bicyclic) bond motifs is 3. The van der Waals surface area contributed by atoms with E-state index >= 15 is 0 Å². The summed E-state index contributed by atoms with van der Waals surface area (Å²) in [6, 6.07) is 22.0. The molecule has 0 aliphatic carbocycles. The van der Waals surface area contributed by atoms with Crippen LogP contribution in [0.25, 0.3) is 0 Å². The summed E-state index contributed by atoms with van der Waals surface area (Å²) in [5.74, 6) is 0.776. The zero-order valence-electron chi connectivity index (χ0n) is 15.2. The summed E-state index contributed by atoms with van der Waals surface area (Å²) in [6.45, 7) is 0. The fraction of sp³-hybridized carbons (Fsp3) is 0.136. The highest BCUT2D eigenvalue weighted by atomic mass is 35.5. The normalized spacial score (nSPS) is 19.8. The largest absolute Gasteiger partial charge is 0.464 e. The van der Waals surface area contributed by atoms with Gasteiger partial charge in [-0.15, -0.1) is 0 Å². The van der Waals surface area contributed by atoms with Gasteiger partial charge in [0.05, 0.1) is 16.7 Å². The molecule has 5 rings (SSSR count). The summed E-state index contributed by atoms with van der Waals surface area (Å²) in [6.07, 6.45) is 0.174. The van der Waals surface area contributed by atoms with E-state index in [1.54, 1.807) is 12.1 Å². The Bertz CT molecular complexity index is 1130. The predicted octanol–water partition coefficient (Wildman–Crippen LogP) is 5.49. The van der Waals surface area contributed by atoms with Gasteiger partial charge >= 0.3 is 0 Å². The van der Waals surface area contributed by atoms with Crippen LogP contribution < -0.4 is 4.74 Å². The van der Waals surface area contributed by atoms with Crippen LogP contribution in [0.3, 0.4) is 0 Å². The third kappa shape index (κ3) is 3.11. The molecule has 2 atom stereocenters. The predicted molar refractivity (Wildman–Crippen MR) is 110 cm³/mol. The standard InChI is InChI=1S/C22H16ClN3O3/c23-16-10-8-14(9-11-16)19-13-20-18-6-1-2-7-21(18)29-22(25(20)24-19)15-4-3-5-17(12-15)26(27)28/h1-12,20,22H,13H2/t20-,22-/m0/s1. The second kappa shape index (κ2) is 6.90. The van der Waals surface area contributed by atoms with Crippen molar-refractivity contribution in [3.05, 3.63) is 105 Å². The van der Waals surface area contributed by atoms with Gasteiger partial charge in [-0.1, -0.05) is 54.1 Å². The Hall–Kier alpha value is -3.38. The number of hydrogen-bond donors (Lipinski definition) is 0. The lowest BCUT2D eigenvalue weighted by molar-refractivity contribution is -0.385. The van der Waals surface area contributed by atoms with Crippen molar-refractivity contribution < 1.29 is 9.66 Å². The summed E-state index contributed by atoms with van der Waals surface area (Å²) in [5.41, 5.74) is 3.71. The molecule has 2 heterocycles. The monoisotopic (exact) mass is 405 g/mol. The first-order valence-electron chi connectivity index (χ1n) is 9.22. The molecular formula is C22H16ClN3O3. The minimum absolute atomic E-state index is 0.00473. The van der Waals surface area contributed by atoms with Crippen LogP contribution in [0.2, 0.25) is 5.02 Å². The first-order valence-corrected chi connectivity index (χ1v) is 9.59. The van der Waals surface area contributed by atoms with E-state index in [0.717, 1.165) is 22.6 Å². The quantitative estimate of drug-likeness (QED) is 0.426. The van der Waals surface area contributed by atoms with Crippen molar-refractivity contribution in [3.8, 4) is 5.75 Å². The van der Waals surface area contributed by atoms with Crippen molar-refractivity contribution in [3.63, 3.8) is 0 Å². The SMILES string of the molecule is O=[N+]([O-])c1cccc([C@@H]2Oc3ccccc3[C@@H]3CC(c4ccc(Cl)cc4)=NN32)c1. The topological polar surface area (TPSA) is 68.0 Å². The number of nitrogens with zero attached hydrogens (tertiary/aromatic N) is 3. The number of benzene rings is 3. The molecule has 0 spiro atoms. The number of hydrogen-bond acceptors (Lipinski definition) is 5. The van der Waals surface area contributed by atoms with Gasteiger partial charge in [0.1, 0.15) is 5.75 Å². The van der Waals surface area contributed by atoms with E-state index in [0.29, 0.717) is 17.0 Å². The summed E-state index contributed by atoms with van der Waals surface area (Å²) >= 11 is 6.03. The molecule has 0 saturated carbocycles. The van der Waals surface area contributed by atoms with E-state index < -0.39 is 11.2 Å². The van der Waals surface area contributed by atoms with Gasteiger partial charge < -0.3 is 4.74 Å². The molecule has 3 aromatic carbocycles. The molecule has 2 aliphatic heterocycles. The fourth-order valence-corrected chi connectivity index (χ4v) is 3.99. The maximum Gasteiger partial charge on any atom is 0.269 e. The van der Waals surface area contributed by atoms with E-state index in [-0.39, 0.29) is 11.7 Å². The highest BCUT2D eigenvalue weighted by Crippen LogP contribution is 2.47. The molecule has 0 saturated heterocycles. The first kappa shape index (κ1) is 17.7. The number of non-ortho nitro benzene ring substituents is 1. The van der Waals surface area contributed by atoms with Gasteiger partial charge in [0.15, 0.2) is 0 Å². The lowest BCUT2D eigenvalue weighted by Gasteiger charge is -2.38. The molecule has 29 heavy (non-hydrogen) atoms. The van der Waals surface area contributed by atoms with E-state index in [1.807, 2.05) is 59.6 Å². The van der Waals surface area contributed by atoms with E-state index in [2.05, 4.69) is 0 Å². The van der Waals surface area contributed by atoms with Crippen LogP contribution in [-0.2, 0) is 0 Å². The zero-order chi connectivity index (χ0) is 20.0. The molecule has 0 aromatic heterocycles. The minimum Gasteiger partial charge on any atom is -0.464 e. The highest BCUT2D eigenvalue weighted by molar-refractivity contribution is 6.30. The third-order valence-corrected chi connectivity index (χ3v) is 5.49. The second-order valence-corrected chi connectivity index (χ2v) is 7.45. The Morgan fingerprint density at radius 3 is 2.66 bits per heavy atom. The number of rotatable bonds is 3. The van der Waals surface area contributed by atoms with Crippen molar-refractivity contribution in [1.29, 1.82) is 0 Å². The van der Waals surface area contributed by atoms with Crippen LogP contribution in [-0.4, -0.2) is 15.6 Å². The van der Waals surface area contributed by atoms with Crippen molar-refractivity contribution in [2.75, 3.05) is 0 Å². The molecule has 0 bridgehead atoms. The zero-order valence-corrected chi connectivity index (χ0v) is 16.0. The van der Waals surface area contributed by atoms with Crippen molar-refractivity contribution in [2.45, 2.75) is 18.7 Å². The van der Waals surface area contributed by atoms with Crippen molar-refractivity contribution >= 4 is 23.0 Å². The van der Waals surface area contributed by atoms with E-state index in [4.69, 9.17) is 21.4 Å². The van der Waals surface area contributed by atoms with Crippen LogP contribution in [0.4, 0.5) is 5.69 Å². The number of nitro benzene ring substituents is 1. The minimum atomic E-state index is -0.542. The summed E-state index contributed by atoms with van der Waals surface area (Å²) in [4.78, 5) is 10.8. The Kier molecular flexibility index (Phi) is 4.21. The number of hydrazone groups is 1.